The van der Waals surface area contributed by atoms with E-state index in [1.807, 2.05) is 330 Å². The van der Waals surface area contributed by atoms with Gasteiger partial charge in [0.05, 0.1) is 119 Å². The second kappa shape index (κ2) is 40.5. The second-order valence-corrected chi connectivity index (χ2v) is 31.9. The van der Waals surface area contributed by atoms with E-state index in [0.29, 0.717) is 88.5 Å². The molecule has 0 saturated carbocycles. The number of nitro groups is 3. The normalized spacial score (nSPS) is 10.9. The largest absolute Gasteiger partial charge is 0.398 e. The number of benzene rings is 15. The van der Waals surface area contributed by atoms with Crippen LogP contribution in [0.25, 0.3) is 111 Å². The van der Waals surface area contributed by atoms with E-state index in [1.54, 1.807) is 78.9 Å². The van der Waals surface area contributed by atoms with Gasteiger partial charge in [-0.3, -0.25) is 54.3 Å². The summed E-state index contributed by atoms with van der Waals surface area (Å²) in [4.78, 5) is 122. The van der Waals surface area contributed by atoms with Gasteiger partial charge in [0, 0.05) is 35.0 Å². The number of hydrogen-bond acceptors (Lipinski definition) is 17. The van der Waals surface area contributed by atoms with Crippen LogP contribution in [-0.2, 0) is 32.7 Å². The quantitative estimate of drug-likeness (QED) is 0.0474. The Labute approximate surface area is 766 Å². The van der Waals surface area contributed by atoms with E-state index in [1.165, 1.54) is 18.2 Å². The van der Waals surface area contributed by atoms with Gasteiger partial charge in [0.2, 0.25) is 0 Å². The van der Waals surface area contributed by atoms with Crippen molar-refractivity contribution in [3.8, 4) is 56.3 Å². The minimum Gasteiger partial charge on any atom is -0.398 e. The van der Waals surface area contributed by atoms with Crippen LogP contribution in [0.5, 0.6) is 0 Å². The predicted molar refractivity (Wildman–Crippen MR) is 528 cm³/mol. The van der Waals surface area contributed by atoms with E-state index in [-0.39, 0.29) is 78.6 Å². The molecule has 5 heterocycles. The van der Waals surface area contributed by atoms with Gasteiger partial charge >= 0.3 is 0 Å². The number of nitrogens with two attached hydrogens (primary N) is 1. The van der Waals surface area contributed by atoms with E-state index < -0.39 is 14.8 Å². The lowest BCUT2D eigenvalue weighted by molar-refractivity contribution is -0.384. The van der Waals surface area contributed by atoms with Gasteiger partial charge in [-0.15, -0.1) is 0 Å². The number of aromatic nitrogens is 10. The molecule has 0 amide bonds. The number of anilines is 1. The summed E-state index contributed by atoms with van der Waals surface area (Å²) in [7, 11) is 0. The van der Waals surface area contributed by atoms with Gasteiger partial charge in [-0.25, -0.2) is 24.9 Å². The van der Waals surface area contributed by atoms with E-state index in [0.717, 1.165) is 77.7 Å². The zero-order chi connectivity index (χ0) is 93.5. The first kappa shape index (κ1) is 89.4. The first-order valence-electron chi connectivity index (χ1n) is 42.9. The molecule has 0 atom stereocenters. The van der Waals surface area contributed by atoms with Crippen LogP contribution in [-0.4, -0.2) is 62.5 Å². The molecule has 0 aliphatic rings. The molecule has 25 nitrogen and oxygen atoms in total. The fourth-order valence-electron chi connectivity index (χ4n) is 16.0. The molecule has 0 aliphatic heterocycles. The molecule has 0 saturated heterocycles. The standard InChI is InChI=1S/2C22H17N3O3.C22H19N3O.C22H18N2O.C21H15N3O3/c2*1-15-11-12-19(25(27)28)17(13-15)21-22(26)24(14-16-7-3-2-4-8-16)20-10-6-5-9-18(20)23-21;1-15-11-12-18(23)17(13-15)21-22(26)25(14-16-7-3-2-4-8-16)20-10-6-5-9-19(20)24-21;1-16-8-7-11-18(14-16)21-22(25)24(15-17-9-3-2-4-10-17)20-13-6-5-12-19(20)23-21;25-21-20(16-10-4-6-12-18(16)24(26)27)22-17-11-5-7-13-19(17)23(21)14-15-8-2-1-3-9-15/h2*2-13H,14H2,1H3;2-13H,14,23H2,1H3;2-14H,15H2,1H3;1-13H,14H2. The van der Waals surface area contributed by atoms with Gasteiger partial charge < -0.3 is 28.6 Å². The number of nitrogen functional groups attached to an aromatic ring is 1. The van der Waals surface area contributed by atoms with Crippen LogP contribution in [0.15, 0.2) is 400 Å². The average Bonchev–Trinajstić information content (AvgIpc) is 0.768. The molecule has 5 aromatic heterocycles. The predicted octanol–water partition coefficient (Wildman–Crippen LogP) is 21.1. The number of nitro benzene ring substituents is 3. The van der Waals surface area contributed by atoms with Crippen LogP contribution in [0.3, 0.4) is 0 Å². The molecule has 20 aromatic rings. The molecule has 0 radical (unpaired) electrons. The summed E-state index contributed by atoms with van der Waals surface area (Å²) in [6, 6.07) is 116. The smallest absolute Gasteiger partial charge is 0.278 e. The van der Waals surface area contributed by atoms with Crippen molar-refractivity contribution < 1.29 is 14.8 Å². The van der Waals surface area contributed by atoms with Gasteiger partial charge in [-0.05, 0) is 164 Å². The fraction of sp³-hybridized carbons (Fsp3) is 0.0826. The Bertz CT molecular complexity index is 7960. The highest BCUT2D eigenvalue weighted by Crippen LogP contribution is 2.34. The van der Waals surface area contributed by atoms with Gasteiger partial charge in [0.25, 0.3) is 44.9 Å². The fourth-order valence-corrected chi connectivity index (χ4v) is 16.0. The van der Waals surface area contributed by atoms with Crippen LogP contribution in [0.2, 0.25) is 0 Å². The highest BCUT2D eigenvalue weighted by Gasteiger charge is 2.27. The number of hydrogen-bond donors (Lipinski definition) is 1. The minimum atomic E-state index is -0.493. The van der Waals surface area contributed by atoms with Crippen LogP contribution in [0.4, 0.5) is 22.7 Å². The molecule has 15 aromatic carbocycles. The molecule has 0 aliphatic carbocycles. The third kappa shape index (κ3) is 20.1. The highest BCUT2D eigenvalue weighted by atomic mass is 16.6. The SMILES string of the molecule is Cc1ccc(N)c(-c2nc3ccccc3n(Cc3ccccc3)c2=O)c1.Cc1ccc([N+](=O)[O-])c(-c2nc3ccccc3n(Cc3ccccc3)c2=O)c1.Cc1ccc([N+](=O)[O-])c(-c2nc3ccccc3n(Cc3ccccc3)c2=O)c1.Cc1cccc(-c2nc3ccccc3n(Cc3ccccc3)c2=O)c1.O=c1c(-c2ccccc2[N+](=O)[O-])nc2ccccc2n1Cc1ccccc1. The summed E-state index contributed by atoms with van der Waals surface area (Å²) >= 11 is 0. The van der Waals surface area contributed by atoms with Crippen molar-refractivity contribution in [3.05, 3.63) is 508 Å². The van der Waals surface area contributed by atoms with Crippen LogP contribution in [0, 0.1) is 58.0 Å². The molecular weight excluding hydrogens is 1680 g/mol. The maximum absolute atomic E-state index is 13.4. The van der Waals surface area contributed by atoms with Crippen molar-refractivity contribution in [2.45, 2.75) is 60.4 Å². The Kier molecular flexibility index (Phi) is 27.0. The average molecular weight is 1770 g/mol. The zero-order valence-corrected chi connectivity index (χ0v) is 73.2. The molecule has 25 heteroatoms. The summed E-state index contributed by atoms with van der Waals surface area (Å²) in [6.07, 6.45) is 0. The molecule has 2 N–H and O–H groups in total. The molecule has 0 unspecified atom stereocenters. The number of fused-ring (bicyclic) bond motifs is 5. The lowest BCUT2D eigenvalue weighted by Crippen LogP contribution is -2.24. The molecule has 0 fully saturated rings. The number of para-hydroxylation sites is 11. The van der Waals surface area contributed by atoms with E-state index in [2.05, 4.69) is 24.9 Å². The second-order valence-electron chi connectivity index (χ2n) is 31.9. The Morgan fingerprint density at radius 2 is 0.478 bits per heavy atom. The molecular formula is C109H86N14O11. The van der Waals surface area contributed by atoms with Crippen molar-refractivity contribution in [3.63, 3.8) is 0 Å². The summed E-state index contributed by atoms with van der Waals surface area (Å²) in [5.74, 6) is 0. The summed E-state index contributed by atoms with van der Waals surface area (Å²) in [5, 5.41) is 34.5. The highest BCUT2D eigenvalue weighted by molar-refractivity contribution is 5.85. The van der Waals surface area contributed by atoms with Gasteiger partial charge in [0.1, 0.15) is 28.5 Å². The number of aryl methyl sites for hydroxylation is 4. The van der Waals surface area contributed by atoms with Gasteiger partial charge in [-0.2, -0.15) is 0 Å². The van der Waals surface area contributed by atoms with Gasteiger partial charge in [-0.1, -0.05) is 272 Å². The molecule has 20 rings (SSSR count). The third-order valence-corrected chi connectivity index (χ3v) is 22.5. The van der Waals surface area contributed by atoms with Crippen LogP contribution < -0.4 is 33.5 Å². The molecule has 0 spiro atoms. The van der Waals surface area contributed by atoms with Crippen molar-refractivity contribution in [2.24, 2.45) is 0 Å². The Morgan fingerprint density at radius 1 is 0.239 bits per heavy atom. The third-order valence-electron chi connectivity index (χ3n) is 22.5. The Morgan fingerprint density at radius 3 is 0.791 bits per heavy atom. The van der Waals surface area contributed by atoms with Crippen molar-refractivity contribution in [1.82, 2.24) is 47.8 Å². The lowest BCUT2D eigenvalue weighted by atomic mass is 10.1. The maximum atomic E-state index is 13.4. The molecule has 658 valence electrons. The molecule has 0 bridgehead atoms. The van der Waals surface area contributed by atoms with Crippen LogP contribution >= 0.6 is 0 Å². The first-order chi connectivity index (χ1) is 65.1. The summed E-state index contributed by atoms with van der Waals surface area (Å²) < 4.78 is 8.45. The minimum absolute atomic E-state index is 0.0619. The van der Waals surface area contributed by atoms with Gasteiger partial charge in [0.15, 0.2) is 0 Å². The topological polar surface area (TPSA) is 330 Å². The Hall–Kier alpha value is -18.0. The maximum Gasteiger partial charge on any atom is 0.278 e. The van der Waals surface area contributed by atoms with E-state index in [9.17, 15) is 54.3 Å². The van der Waals surface area contributed by atoms with E-state index in [4.69, 9.17) is 5.73 Å². The Balaban J connectivity index is 0.000000122. The summed E-state index contributed by atoms with van der Waals surface area (Å²) in [5.41, 5.74) is 24.5. The van der Waals surface area contributed by atoms with Crippen LogP contribution in [0.1, 0.15) is 50.1 Å². The summed E-state index contributed by atoms with van der Waals surface area (Å²) in [6.45, 7) is 9.75. The number of nitrogens with zero attached hydrogens (tertiary/aromatic N) is 13. The monoisotopic (exact) mass is 1770 g/mol. The first-order valence-corrected chi connectivity index (χ1v) is 42.9. The van der Waals surface area contributed by atoms with Crippen molar-refractivity contribution in [1.29, 1.82) is 0 Å². The molecule has 134 heavy (non-hydrogen) atoms. The van der Waals surface area contributed by atoms with Crippen molar-refractivity contribution >= 4 is 77.9 Å². The lowest BCUT2D eigenvalue weighted by Gasteiger charge is -2.14. The zero-order valence-electron chi connectivity index (χ0n) is 73.2. The van der Waals surface area contributed by atoms with E-state index >= 15 is 0 Å². The van der Waals surface area contributed by atoms with Crippen molar-refractivity contribution in [2.75, 3.05) is 5.73 Å². The number of rotatable bonds is 18.